The first kappa shape index (κ1) is 61.6. The van der Waals surface area contributed by atoms with Crippen molar-refractivity contribution in [1.82, 2.24) is 0 Å². The van der Waals surface area contributed by atoms with Crippen LogP contribution in [0.1, 0.15) is 219 Å². The van der Waals surface area contributed by atoms with E-state index in [0.29, 0.717) is 12.8 Å². The van der Waals surface area contributed by atoms with Crippen LogP contribution >= 0.6 is 0 Å². The summed E-state index contributed by atoms with van der Waals surface area (Å²) in [5.74, 6) is -2.02. The van der Waals surface area contributed by atoms with Crippen LogP contribution in [0.25, 0.3) is 0 Å². The van der Waals surface area contributed by atoms with Crippen molar-refractivity contribution in [3.8, 4) is 0 Å². The summed E-state index contributed by atoms with van der Waals surface area (Å²) < 4.78 is 54.2. The van der Waals surface area contributed by atoms with Crippen molar-refractivity contribution in [3.63, 3.8) is 0 Å². The number of allylic oxidation sites excluding steroid dienone is 8. The Morgan fingerprint density at radius 1 is 0.515 bits per heavy atom. The van der Waals surface area contributed by atoms with E-state index in [1.807, 2.05) is 0 Å². The maximum atomic E-state index is 12.9. The SMILES string of the molecule is CCCCC/C=C/C/C=C/C/C=C/C/C=C/CCCCCC(=O)OC[C@H](CO[C@H]1O[C@H](CS(=O)(=O)O)[C@@H](O)C(O)C1O)OC(=O)CCCCCCCCCCCCCCCCCCCCC. The van der Waals surface area contributed by atoms with E-state index < -0.39 is 71.2 Å². The fraction of sp³-hybridized carbons (Fsp3) is 0.811. The van der Waals surface area contributed by atoms with Gasteiger partial charge in [0.2, 0.25) is 0 Å². The molecule has 0 spiro atoms. The predicted molar refractivity (Wildman–Crippen MR) is 266 cm³/mol. The second-order valence-corrected chi connectivity index (χ2v) is 19.7. The van der Waals surface area contributed by atoms with Gasteiger partial charge >= 0.3 is 11.9 Å². The molecule has 1 aliphatic rings. The highest BCUT2D eigenvalue weighted by molar-refractivity contribution is 7.85. The first-order valence-corrected chi connectivity index (χ1v) is 27.8. The van der Waals surface area contributed by atoms with Gasteiger partial charge in [0.15, 0.2) is 12.4 Å². The van der Waals surface area contributed by atoms with E-state index in [1.165, 1.54) is 122 Å². The minimum atomic E-state index is -4.61. The Hall–Kier alpha value is -2.39. The number of aliphatic hydroxyl groups is 3. The molecule has 0 saturated carbocycles. The van der Waals surface area contributed by atoms with Gasteiger partial charge in [-0.15, -0.1) is 0 Å². The predicted octanol–water partition coefficient (Wildman–Crippen LogP) is 11.9. The molecule has 1 saturated heterocycles. The molecule has 384 valence electrons. The fourth-order valence-corrected chi connectivity index (χ4v) is 8.53. The Morgan fingerprint density at radius 3 is 1.38 bits per heavy atom. The minimum Gasteiger partial charge on any atom is -0.462 e. The lowest BCUT2D eigenvalue weighted by molar-refractivity contribution is -0.297. The first-order valence-electron chi connectivity index (χ1n) is 26.2. The van der Waals surface area contributed by atoms with Crippen LogP contribution in [0.3, 0.4) is 0 Å². The maximum absolute atomic E-state index is 12.9. The highest BCUT2D eigenvalue weighted by Crippen LogP contribution is 2.24. The van der Waals surface area contributed by atoms with Crippen molar-refractivity contribution in [2.75, 3.05) is 19.0 Å². The molecule has 0 aliphatic carbocycles. The lowest BCUT2D eigenvalue weighted by Gasteiger charge is -2.40. The average Bonchev–Trinajstić information content (AvgIpc) is 3.28. The van der Waals surface area contributed by atoms with E-state index in [1.54, 1.807) is 0 Å². The average molecular weight is 955 g/mol. The Bertz CT molecular complexity index is 1400. The summed E-state index contributed by atoms with van der Waals surface area (Å²) in [5.41, 5.74) is 0. The highest BCUT2D eigenvalue weighted by Gasteiger charge is 2.46. The van der Waals surface area contributed by atoms with Gasteiger partial charge in [-0.2, -0.15) is 8.42 Å². The van der Waals surface area contributed by atoms with Crippen LogP contribution < -0.4 is 0 Å². The number of carbonyl (C=O) groups is 2. The minimum absolute atomic E-state index is 0.159. The summed E-state index contributed by atoms with van der Waals surface area (Å²) in [6.45, 7) is 3.74. The van der Waals surface area contributed by atoms with Crippen LogP contribution in [0, 0.1) is 0 Å². The number of aliphatic hydroxyl groups excluding tert-OH is 3. The quantitative estimate of drug-likeness (QED) is 0.0196. The summed E-state index contributed by atoms with van der Waals surface area (Å²) in [6, 6.07) is 0. The molecule has 1 fully saturated rings. The third kappa shape index (κ3) is 36.6. The second-order valence-electron chi connectivity index (χ2n) is 18.2. The van der Waals surface area contributed by atoms with Gasteiger partial charge in [-0.25, -0.2) is 0 Å². The van der Waals surface area contributed by atoms with Crippen molar-refractivity contribution in [2.45, 2.75) is 256 Å². The monoisotopic (exact) mass is 955 g/mol. The van der Waals surface area contributed by atoms with E-state index >= 15 is 0 Å². The number of unbranched alkanes of at least 4 members (excludes halogenated alkanes) is 24. The van der Waals surface area contributed by atoms with Crippen LogP contribution in [0.5, 0.6) is 0 Å². The molecule has 6 atom stereocenters. The molecule has 0 amide bonds. The standard InChI is InChI=1S/C53H94O12S/c1-3-5-7-9-11-13-15-17-19-21-23-25-27-29-31-33-35-37-39-41-48(54)62-43-46(44-63-53-52(58)51(57)50(56)47(65-53)45-66(59,60)61)64-49(55)42-40-38-36-34-32-30-28-26-24-22-20-18-16-14-12-10-8-6-4-2/h11,13,17,19,23,25,29,31,46-47,50-53,56-58H,3-10,12,14-16,18,20-22,24,26-28,30,32-45H2,1-2H3,(H,59,60,61)/b13-11+,19-17+,25-23+,31-29+/t46-,47-,50-,51?,52?,53+/m1/s1. The number of ether oxygens (including phenoxy) is 4. The van der Waals surface area contributed by atoms with Crippen LogP contribution in [0.2, 0.25) is 0 Å². The van der Waals surface area contributed by atoms with E-state index in [-0.39, 0.29) is 19.4 Å². The third-order valence-corrected chi connectivity index (χ3v) is 12.7. The molecule has 1 rings (SSSR count). The van der Waals surface area contributed by atoms with Gasteiger partial charge in [-0.1, -0.05) is 197 Å². The molecule has 66 heavy (non-hydrogen) atoms. The van der Waals surface area contributed by atoms with Crippen molar-refractivity contribution >= 4 is 22.1 Å². The summed E-state index contributed by atoms with van der Waals surface area (Å²) >= 11 is 0. The van der Waals surface area contributed by atoms with Gasteiger partial charge in [0, 0.05) is 12.8 Å². The molecule has 2 unspecified atom stereocenters. The van der Waals surface area contributed by atoms with Gasteiger partial charge in [-0.3, -0.25) is 14.1 Å². The lowest BCUT2D eigenvalue weighted by atomic mass is 10.00. The lowest BCUT2D eigenvalue weighted by Crippen LogP contribution is -2.60. The second kappa shape index (κ2) is 42.7. The summed E-state index contributed by atoms with van der Waals surface area (Å²) in [5, 5.41) is 31.0. The smallest absolute Gasteiger partial charge is 0.306 e. The Kier molecular flexibility index (Phi) is 39.9. The van der Waals surface area contributed by atoms with Gasteiger partial charge in [0.25, 0.3) is 10.1 Å². The summed E-state index contributed by atoms with van der Waals surface area (Å²) in [6.07, 6.45) is 42.9. The van der Waals surface area contributed by atoms with Gasteiger partial charge in [0.05, 0.1) is 6.61 Å². The van der Waals surface area contributed by atoms with Crippen molar-refractivity contribution < 1.29 is 56.8 Å². The molecule has 4 N–H and O–H groups in total. The zero-order valence-electron chi connectivity index (χ0n) is 41.3. The Labute approximate surface area is 401 Å². The van der Waals surface area contributed by atoms with Crippen LogP contribution in [0.15, 0.2) is 48.6 Å². The van der Waals surface area contributed by atoms with E-state index in [9.17, 15) is 37.9 Å². The Balaban J connectivity index is 2.39. The molecule has 1 heterocycles. The van der Waals surface area contributed by atoms with Gasteiger partial charge in [-0.05, 0) is 57.8 Å². The zero-order chi connectivity index (χ0) is 48.4. The number of rotatable bonds is 44. The summed E-state index contributed by atoms with van der Waals surface area (Å²) in [7, 11) is -4.61. The van der Waals surface area contributed by atoms with Crippen molar-refractivity contribution in [1.29, 1.82) is 0 Å². The summed E-state index contributed by atoms with van der Waals surface area (Å²) in [4.78, 5) is 25.5. The molecule has 1 aliphatic heterocycles. The van der Waals surface area contributed by atoms with E-state index in [2.05, 4.69) is 62.5 Å². The number of esters is 2. The third-order valence-electron chi connectivity index (χ3n) is 11.9. The Morgan fingerprint density at radius 2 is 0.909 bits per heavy atom. The van der Waals surface area contributed by atoms with E-state index in [0.717, 1.165) is 57.8 Å². The molecule has 13 heteroatoms. The van der Waals surface area contributed by atoms with Gasteiger partial charge < -0.3 is 34.3 Å². The molecule has 12 nitrogen and oxygen atoms in total. The fourth-order valence-electron chi connectivity index (χ4n) is 7.84. The molecular formula is C53H94O12S. The highest BCUT2D eigenvalue weighted by atomic mass is 32.2. The molecule has 0 aromatic heterocycles. The topological polar surface area (TPSA) is 186 Å². The molecule has 0 bridgehead atoms. The number of hydrogen-bond acceptors (Lipinski definition) is 11. The van der Waals surface area contributed by atoms with Crippen molar-refractivity contribution in [2.24, 2.45) is 0 Å². The van der Waals surface area contributed by atoms with Crippen LogP contribution in [-0.4, -0.2) is 96.0 Å². The molecule has 0 aromatic rings. The zero-order valence-corrected chi connectivity index (χ0v) is 42.1. The number of carbonyl (C=O) groups excluding carboxylic acids is 2. The molecule has 0 radical (unpaired) electrons. The van der Waals surface area contributed by atoms with E-state index in [4.69, 9.17) is 18.9 Å². The molecular weight excluding hydrogens is 861 g/mol. The molecule has 0 aromatic carbocycles. The maximum Gasteiger partial charge on any atom is 0.306 e. The van der Waals surface area contributed by atoms with Crippen LogP contribution in [0.4, 0.5) is 0 Å². The first-order chi connectivity index (χ1) is 32.0. The largest absolute Gasteiger partial charge is 0.462 e. The normalized spacial score (nSPS) is 19.8. The van der Waals surface area contributed by atoms with Crippen molar-refractivity contribution in [3.05, 3.63) is 48.6 Å². The van der Waals surface area contributed by atoms with Crippen LogP contribution in [-0.2, 0) is 38.7 Å². The van der Waals surface area contributed by atoms with Gasteiger partial charge in [0.1, 0.15) is 36.8 Å². The number of hydrogen-bond donors (Lipinski definition) is 4.